The quantitative estimate of drug-likeness (QED) is 0.701. The van der Waals surface area contributed by atoms with Crippen LogP contribution in [0.5, 0.6) is 5.75 Å². The summed E-state index contributed by atoms with van der Waals surface area (Å²) in [5.41, 5.74) is 1.15. The maximum absolute atomic E-state index is 12.8. The van der Waals surface area contributed by atoms with E-state index in [9.17, 15) is 14.4 Å². The number of anilines is 2. The second kappa shape index (κ2) is 9.18. The number of para-hydroxylation sites is 2. The minimum absolute atomic E-state index is 0.192. The van der Waals surface area contributed by atoms with E-state index in [-0.39, 0.29) is 11.5 Å². The van der Waals surface area contributed by atoms with Gasteiger partial charge in [-0.05, 0) is 31.0 Å². The topological polar surface area (TPSA) is 93.7 Å². The number of carbonyl (C=O) groups is 3. The molecule has 2 amide bonds. The Kier molecular flexibility index (Phi) is 6.95. The lowest BCUT2D eigenvalue weighted by molar-refractivity contribution is -0.116. The van der Waals surface area contributed by atoms with Crippen LogP contribution >= 0.6 is 11.3 Å². The molecule has 0 spiro atoms. The molecule has 0 saturated heterocycles. The molecule has 0 fully saturated rings. The van der Waals surface area contributed by atoms with Gasteiger partial charge >= 0.3 is 5.97 Å². The third-order valence-electron chi connectivity index (χ3n) is 3.83. The van der Waals surface area contributed by atoms with Gasteiger partial charge in [-0.3, -0.25) is 9.59 Å². The Hall–Kier alpha value is -2.87. The molecule has 0 aliphatic heterocycles. The van der Waals surface area contributed by atoms with Gasteiger partial charge in [0, 0.05) is 6.42 Å². The Bertz CT molecular complexity index is 860. The summed E-state index contributed by atoms with van der Waals surface area (Å²) in [5, 5.41) is 5.79. The zero-order valence-corrected chi connectivity index (χ0v) is 16.5. The minimum atomic E-state index is -0.605. The molecule has 7 nitrogen and oxygen atoms in total. The van der Waals surface area contributed by atoms with E-state index >= 15 is 0 Å². The number of hydrogen-bond donors (Lipinski definition) is 2. The van der Waals surface area contributed by atoms with Crippen molar-refractivity contribution in [3.63, 3.8) is 0 Å². The standard InChI is InChI=1S/C19H22N2O5S/c1-5-8-14(22)21-18-15(19(24)26-4)11(2)16(27-18)17(23)20-12-9-6-7-10-13(12)25-3/h6-7,9-10H,5,8H2,1-4H3,(H,20,23)(H,21,22). The molecule has 0 unspecified atom stereocenters. The van der Waals surface area contributed by atoms with E-state index in [2.05, 4.69) is 10.6 Å². The van der Waals surface area contributed by atoms with E-state index in [0.29, 0.717) is 39.7 Å². The largest absolute Gasteiger partial charge is 0.495 e. The minimum Gasteiger partial charge on any atom is -0.495 e. The molecule has 0 aliphatic rings. The van der Waals surface area contributed by atoms with Crippen molar-refractivity contribution in [2.24, 2.45) is 0 Å². The van der Waals surface area contributed by atoms with Crippen LogP contribution in [0.4, 0.5) is 10.7 Å². The van der Waals surface area contributed by atoms with Crippen molar-refractivity contribution in [2.45, 2.75) is 26.7 Å². The zero-order chi connectivity index (χ0) is 20.0. The summed E-state index contributed by atoms with van der Waals surface area (Å²) in [7, 11) is 2.77. The van der Waals surface area contributed by atoms with Gasteiger partial charge in [0.2, 0.25) is 5.91 Å². The van der Waals surface area contributed by atoms with Crippen LogP contribution in [0, 0.1) is 6.92 Å². The maximum atomic E-state index is 12.8. The predicted molar refractivity (Wildman–Crippen MR) is 105 cm³/mol. The van der Waals surface area contributed by atoms with E-state index in [1.807, 2.05) is 6.92 Å². The first-order valence-electron chi connectivity index (χ1n) is 8.38. The lowest BCUT2D eigenvalue weighted by Crippen LogP contribution is -2.14. The van der Waals surface area contributed by atoms with Gasteiger partial charge in [0.25, 0.3) is 5.91 Å². The number of methoxy groups -OCH3 is 2. The number of thiophene rings is 1. The molecule has 0 radical (unpaired) electrons. The third kappa shape index (κ3) is 4.65. The van der Waals surface area contributed by atoms with Crippen molar-refractivity contribution in [3.05, 3.63) is 40.3 Å². The first-order chi connectivity index (χ1) is 12.9. The monoisotopic (exact) mass is 390 g/mol. The number of amides is 2. The number of ether oxygens (including phenoxy) is 2. The van der Waals surface area contributed by atoms with Gasteiger partial charge in [-0.2, -0.15) is 0 Å². The van der Waals surface area contributed by atoms with E-state index in [0.717, 1.165) is 11.3 Å². The van der Waals surface area contributed by atoms with Crippen LogP contribution < -0.4 is 15.4 Å². The highest BCUT2D eigenvalue weighted by atomic mass is 32.1. The molecule has 8 heteroatoms. The fourth-order valence-electron chi connectivity index (χ4n) is 2.51. The summed E-state index contributed by atoms with van der Waals surface area (Å²) in [6, 6.07) is 7.01. The van der Waals surface area contributed by atoms with Gasteiger partial charge in [-0.15, -0.1) is 11.3 Å². The Morgan fingerprint density at radius 2 is 1.81 bits per heavy atom. The summed E-state index contributed by atoms with van der Waals surface area (Å²) in [6.45, 7) is 3.53. The van der Waals surface area contributed by atoms with E-state index in [1.54, 1.807) is 31.2 Å². The van der Waals surface area contributed by atoms with Gasteiger partial charge in [-0.25, -0.2) is 4.79 Å². The van der Waals surface area contributed by atoms with Crippen molar-refractivity contribution >= 4 is 39.8 Å². The average molecular weight is 390 g/mol. The van der Waals surface area contributed by atoms with Crippen LogP contribution in [-0.4, -0.2) is 32.0 Å². The highest BCUT2D eigenvalue weighted by molar-refractivity contribution is 7.18. The van der Waals surface area contributed by atoms with Gasteiger partial charge in [-0.1, -0.05) is 19.1 Å². The SMILES string of the molecule is CCCC(=O)Nc1sc(C(=O)Nc2ccccc2OC)c(C)c1C(=O)OC. The summed E-state index contributed by atoms with van der Waals surface area (Å²) in [5.74, 6) is -0.708. The van der Waals surface area contributed by atoms with Crippen molar-refractivity contribution in [2.75, 3.05) is 24.9 Å². The number of nitrogens with one attached hydrogen (secondary N) is 2. The van der Waals surface area contributed by atoms with Crippen LogP contribution in [0.2, 0.25) is 0 Å². The number of hydrogen-bond acceptors (Lipinski definition) is 6. The van der Waals surface area contributed by atoms with E-state index in [4.69, 9.17) is 9.47 Å². The highest BCUT2D eigenvalue weighted by Gasteiger charge is 2.26. The van der Waals surface area contributed by atoms with Gasteiger partial charge in [0.05, 0.1) is 30.3 Å². The van der Waals surface area contributed by atoms with Crippen molar-refractivity contribution in [3.8, 4) is 5.75 Å². The summed E-state index contributed by atoms with van der Waals surface area (Å²) in [4.78, 5) is 37.2. The molecule has 0 atom stereocenters. The molecule has 2 rings (SSSR count). The lowest BCUT2D eigenvalue weighted by Gasteiger charge is -2.09. The molecule has 27 heavy (non-hydrogen) atoms. The first-order valence-corrected chi connectivity index (χ1v) is 9.20. The van der Waals surface area contributed by atoms with Crippen LogP contribution in [0.15, 0.2) is 24.3 Å². The van der Waals surface area contributed by atoms with Crippen molar-refractivity contribution < 1.29 is 23.9 Å². The van der Waals surface area contributed by atoms with Gasteiger partial charge in [0.1, 0.15) is 10.8 Å². The summed E-state index contributed by atoms with van der Waals surface area (Å²) < 4.78 is 10.0. The summed E-state index contributed by atoms with van der Waals surface area (Å²) >= 11 is 1.04. The van der Waals surface area contributed by atoms with Crippen LogP contribution in [0.3, 0.4) is 0 Å². The van der Waals surface area contributed by atoms with Crippen LogP contribution in [0.1, 0.15) is 45.4 Å². The Morgan fingerprint density at radius 3 is 2.44 bits per heavy atom. The molecule has 0 bridgehead atoms. The molecule has 2 N–H and O–H groups in total. The molecule has 0 aliphatic carbocycles. The molecule has 0 saturated carbocycles. The van der Waals surface area contributed by atoms with Crippen molar-refractivity contribution in [1.82, 2.24) is 0 Å². The summed E-state index contributed by atoms with van der Waals surface area (Å²) in [6.07, 6.45) is 0.991. The van der Waals surface area contributed by atoms with Gasteiger partial charge in [0.15, 0.2) is 0 Å². The number of rotatable bonds is 7. The molecular formula is C19H22N2O5S. The fourth-order valence-corrected chi connectivity index (χ4v) is 3.62. The van der Waals surface area contributed by atoms with Crippen LogP contribution in [-0.2, 0) is 9.53 Å². The average Bonchev–Trinajstić information content (AvgIpc) is 2.97. The van der Waals surface area contributed by atoms with E-state index in [1.165, 1.54) is 14.2 Å². The Labute approximate surface area is 161 Å². The molecule has 144 valence electrons. The Morgan fingerprint density at radius 1 is 1.11 bits per heavy atom. The van der Waals surface area contributed by atoms with Crippen LogP contribution in [0.25, 0.3) is 0 Å². The van der Waals surface area contributed by atoms with E-state index < -0.39 is 11.9 Å². The maximum Gasteiger partial charge on any atom is 0.341 e. The number of esters is 1. The molecule has 1 aromatic carbocycles. The normalized spacial score (nSPS) is 10.2. The second-order valence-electron chi connectivity index (χ2n) is 5.70. The Balaban J connectivity index is 2.38. The zero-order valence-electron chi connectivity index (χ0n) is 15.7. The van der Waals surface area contributed by atoms with Gasteiger partial charge < -0.3 is 20.1 Å². The number of benzene rings is 1. The molecule has 1 heterocycles. The highest BCUT2D eigenvalue weighted by Crippen LogP contribution is 2.35. The first kappa shape index (κ1) is 20.4. The smallest absolute Gasteiger partial charge is 0.341 e. The molecular weight excluding hydrogens is 368 g/mol. The number of carbonyl (C=O) groups excluding carboxylic acids is 3. The molecule has 2 aromatic rings. The fraction of sp³-hybridized carbons (Fsp3) is 0.316. The molecule has 1 aromatic heterocycles. The third-order valence-corrected chi connectivity index (χ3v) is 5.03. The van der Waals surface area contributed by atoms with Crippen molar-refractivity contribution in [1.29, 1.82) is 0 Å². The predicted octanol–water partition coefficient (Wildman–Crippen LogP) is 3.84. The second-order valence-corrected chi connectivity index (χ2v) is 6.73. The lowest BCUT2D eigenvalue weighted by atomic mass is 10.1.